The van der Waals surface area contributed by atoms with Crippen LogP contribution in [-0.4, -0.2) is 26.7 Å². The lowest BCUT2D eigenvalue weighted by atomic mass is 10.1. The fraction of sp³-hybridized carbons (Fsp3) is 0.500. The first-order chi connectivity index (χ1) is 8.74. The number of aryl methyl sites for hydroxylation is 2. The summed E-state index contributed by atoms with van der Waals surface area (Å²) in [5, 5.41) is -0.735. The third-order valence-electron chi connectivity index (χ3n) is 2.94. The molecule has 5 heteroatoms. The van der Waals surface area contributed by atoms with Crippen LogP contribution in [-0.2, 0) is 25.1 Å². The Morgan fingerprint density at radius 1 is 1.21 bits per heavy atom. The maximum atomic E-state index is 12.2. The average molecular weight is 284 g/mol. The molecule has 0 amide bonds. The SMILES string of the molecule is COC(=O)CC(C)S(=O)(=O)Cc1cc(C)cc(C)c1. The minimum Gasteiger partial charge on any atom is -0.469 e. The fourth-order valence-corrected chi connectivity index (χ4v) is 3.28. The van der Waals surface area contributed by atoms with Crippen molar-refractivity contribution in [2.45, 2.75) is 38.2 Å². The molecule has 1 atom stereocenters. The summed E-state index contributed by atoms with van der Waals surface area (Å²) in [5.41, 5.74) is 2.82. The van der Waals surface area contributed by atoms with Gasteiger partial charge < -0.3 is 4.74 Å². The lowest BCUT2D eigenvalue weighted by Gasteiger charge is -2.12. The number of sulfone groups is 1. The van der Waals surface area contributed by atoms with Crippen molar-refractivity contribution >= 4 is 15.8 Å². The van der Waals surface area contributed by atoms with Gasteiger partial charge in [0, 0.05) is 0 Å². The van der Waals surface area contributed by atoms with Gasteiger partial charge in [0.05, 0.1) is 24.5 Å². The first-order valence-electron chi connectivity index (χ1n) is 6.10. The quantitative estimate of drug-likeness (QED) is 0.777. The molecule has 0 aliphatic carbocycles. The zero-order valence-electron chi connectivity index (χ0n) is 11.8. The largest absolute Gasteiger partial charge is 0.469 e. The van der Waals surface area contributed by atoms with Gasteiger partial charge in [-0.1, -0.05) is 29.3 Å². The third-order valence-corrected chi connectivity index (χ3v) is 5.07. The van der Waals surface area contributed by atoms with Crippen LogP contribution in [0.1, 0.15) is 30.0 Å². The molecule has 1 aromatic rings. The van der Waals surface area contributed by atoms with Crippen LogP contribution in [0, 0.1) is 13.8 Å². The van der Waals surface area contributed by atoms with E-state index < -0.39 is 21.1 Å². The van der Waals surface area contributed by atoms with E-state index in [2.05, 4.69) is 4.74 Å². The molecule has 0 N–H and O–H groups in total. The Bertz CT molecular complexity index is 541. The Balaban J connectivity index is 2.87. The topological polar surface area (TPSA) is 60.4 Å². The predicted octanol–water partition coefficient (Wildman–Crippen LogP) is 2.17. The van der Waals surface area contributed by atoms with Crippen molar-refractivity contribution < 1.29 is 17.9 Å². The van der Waals surface area contributed by atoms with E-state index in [4.69, 9.17) is 0 Å². The van der Waals surface area contributed by atoms with Crippen molar-refractivity contribution in [3.05, 3.63) is 34.9 Å². The highest BCUT2D eigenvalue weighted by Crippen LogP contribution is 2.17. The molecule has 0 aliphatic rings. The van der Waals surface area contributed by atoms with E-state index in [0.29, 0.717) is 0 Å². The van der Waals surface area contributed by atoms with Crippen LogP contribution < -0.4 is 0 Å². The third kappa shape index (κ3) is 4.67. The molecule has 1 aromatic carbocycles. The second-order valence-electron chi connectivity index (χ2n) is 4.89. The van der Waals surface area contributed by atoms with Crippen LogP contribution >= 0.6 is 0 Å². The van der Waals surface area contributed by atoms with E-state index in [1.54, 1.807) is 0 Å². The van der Waals surface area contributed by atoms with Gasteiger partial charge >= 0.3 is 5.97 Å². The monoisotopic (exact) mass is 284 g/mol. The molecule has 0 fully saturated rings. The normalized spacial score (nSPS) is 13.1. The van der Waals surface area contributed by atoms with Crippen molar-refractivity contribution in [2.75, 3.05) is 7.11 Å². The Hall–Kier alpha value is -1.36. The highest BCUT2D eigenvalue weighted by molar-refractivity contribution is 7.91. The number of benzene rings is 1. The van der Waals surface area contributed by atoms with E-state index in [-0.39, 0.29) is 12.2 Å². The summed E-state index contributed by atoms with van der Waals surface area (Å²) in [6.45, 7) is 5.40. The lowest BCUT2D eigenvalue weighted by Crippen LogP contribution is -2.23. The van der Waals surface area contributed by atoms with E-state index in [0.717, 1.165) is 16.7 Å². The predicted molar refractivity (Wildman–Crippen MR) is 74.6 cm³/mol. The van der Waals surface area contributed by atoms with Gasteiger partial charge in [0.2, 0.25) is 0 Å². The number of rotatable bonds is 5. The second-order valence-corrected chi connectivity index (χ2v) is 7.31. The average Bonchev–Trinajstić information content (AvgIpc) is 2.26. The van der Waals surface area contributed by atoms with Crippen molar-refractivity contribution in [3.8, 4) is 0 Å². The molecule has 1 unspecified atom stereocenters. The molecule has 0 spiro atoms. The van der Waals surface area contributed by atoms with E-state index in [9.17, 15) is 13.2 Å². The van der Waals surface area contributed by atoms with Gasteiger partial charge in [-0.15, -0.1) is 0 Å². The number of esters is 1. The molecule has 0 saturated carbocycles. The van der Waals surface area contributed by atoms with Gasteiger partial charge in [-0.05, 0) is 26.3 Å². The number of carbonyl (C=O) groups is 1. The van der Waals surface area contributed by atoms with Gasteiger partial charge in [0.1, 0.15) is 0 Å². The number of hydrogen-bond acceptors (Lipinski definition) is 4. The van der Waals surface area contributed by atoms with Crippen molar-refractivity contribution in [1.29, 1.82) is 0 Å². The molecule has 0 aliphatic heterocycles. The summed E-state index contributed by atoms with van der Waals surface area (Å²) in [7, 11) is -2.10. The molecule has 4 nitrogen and oxygen atoms in total. The molecule has 0 aromatic heterocycles. The van der Waals surface area contributed by atoms with Gasteiger partial charge in [0.25, 0.3) is 0 Å². The minimum absolute atomic E-state index is 0.0479. The zero-order valence-corrected chi connectivity index (χ0v) is 12.6. The van der Waals surface area contributed by atoms with Gasteiger partial charge in [-0.2, -0.15) is 0 Å². The van der Waals surface area contributed by atoms with Crippen LogP contribution in [0.4, 0.5) is 0 Å². The Labute approximate surface area is 114 Å². The first kappa shape index (κ1) is 15.7. The molecule has 0 heterocycles. The number of hydrogen-bond donors (Lipinski definition) is 0. The Morgan fingerprint density at radius 2 is 1.74 bits per heavy atom. The molecular formula is C14H20O4S. The van der Waals surface area contributed by atoms with Crippen LogP contribution in [0.5, 0.6) is 0 Å². The van der Waals surface area contributed by atoms with Crippen LogP contribution in [0.3, 0.4) is 0 Å². The van der Waals surface area contributed by atoms with Gasteiger partial charge in [-0.3, -0.25) is 4.79 Å². The molecule has 19 heavy (non-hydrogen) atoms. The van der Waals surface area contributed by atoms with E-state index >= 15 is 0 Å². The number of methoxy groups -OCH3 is 1. The van der Waals surface area contributed by atoms with Gasteiger partial charge in [0.15, 0.2) is 9.84 Å². The van der Waals surface area contributed by atoms with E-state index in [1.807, 2.05) is 32.0 Å². The summed E-state index contributed by atoms with van der Waals surface area (Å²) < 4.78 is 28.8. The maximum absolute atomic E-state index is 12.2. The first-order valence-corrected chi connectivity index (χ1v) is 7.81. The molecule has 0 bridgehead atoms. The fourth-order valence-electron chi connectivity index (χ4n) is 1.97. The van der Waals surface area contributed by atoms with Gasteiger partial charge in [-0.25, -0.2) is 8.42 Å². The van der Waals surface area contributed by atoms with Crippen LogP contribution in [0.15, 0.2) is 18.2 Å². The summed E-state index contributed by atoms with van der Waals surface area (Å²) >= 11 is 0. The zero-order chi connectivity index (χ0) is 14.6. The summed E-state index contributed by atoms with van der Waals surface area (Å²) in [6, 6.07) is 5.71. The maximum Gasteiger partial charge on any atom is 0.306 e. The molecule has 1 rings (SSSR count). The van der Waals surface area contributed by atoms with Crippen molar-refractivity contribution in [3.63, 3.8) is 0 Å². The summed E-state index contributed by atoms with van der Waals surface area (Å²) in [6.07, 6.45) is -0.108. The number of ether oxygens (including phenoxy) is 1. The molecule has 0 radical (unpaired) electrons. The molecular weight excluding hydrogens is 264 g/mol. The standard InChI is InChI=1S/C14H20O4S/c1-10-5-11(2)7-13(6-10)9-19(16,17)12(3)8-14(15)18-4/h5-7,12H,8-9H2,1-4H3. The Kier molecular flexibility index (Phi) is 5.11. The number of carbonyl (C=O) groups excluding carboxylic acids is 1. The van der Waals surface area contributed by atoms with Crippen molar-refractivity contribution in [1.82, 2.24) is 0 Å². The lowest BCUT2D eigenvalue weighted by molar-refractivity contribution is -0.140. The smallest absolute Gasteiger partial charge is 0.306 e. The highest BCUT2D eigenvalue weighted by Gasteiger charge is 2.24. The van der Waals surface area contributed by atoms with Crippen LogP contribution in [0.25, 0.3) is 0 Å². The van der Waals surface area contributed by atoms with Crippen LogP contribution in [0.2, 0.25) is 0 Å². The molecule has 0 saturated heterocycles. The second kappa shape index (κ2) is 6.19. The molecule has 106 valence electrons. The summed E-state index contributed by atoms with van der Waals surface area (Å²) in [5.74, 6) is -0.551. The highest BCUT2D eigenvalue weighted by atomic mass is 32.2. The van der Waals surface area contributed by atoms with E-state index in [1.165, 1.54) is 14.0 Å². The Morgan fingerprint density at radius 3 is 2.21 bits per heavy atom. The summed E-state index contributed by atoms with van der Waals surface area (Å²) in [4.78, 5) is 11.1. The van der Waals surface area contributed by atoms with Crippen molar-refractivity contribution in [2.24, 2.45) is 0 Å². The minimum atomic E-state index is -3.35.